The predicted octanol–water partition coefficient (Wildman–Crippen LogP) is 1.46. The highest BCUT2D eigenvalue weighted by molar-refractivity contribution is 5.92. The van der Waals surface area contributed by atoms with E-state index in [1.54, 1.807) is 6.07 Å². The maximum Gasteiger partial charge on any atom is 0.248 e. The molecule has 2 rings (SSSR count). The molecule has 1 aliphatic rings. The van der Waals surface area contributed by atoms with Crippen LogP contribution in [0.4, 0.5) is 0 Å². The van der Waals surface area contributed by atoms with Gasteiger partial charge in [0.1, 0.15) is 0 Å². The molecular formula is C16H24N2O3. The van der Waals surface area contributed by atoms with Gasteiger partial charge in [0.05, 0.1) is 12.7 Å². The Hall–Kier alpha value is -1.43. The second-order valence-electron chi connectivity index (χ2n) is 5.30. The van der Waals surface area contributed by atoms with E-state index in [1.807, 2.05) is 18.2 Å². The molecule has 0 radical (unpaired) electrons. The van der Waals surface area contributed by atoms with Crippen LogP contribution in [-0.2, 0) is 16.0 Å². The molecule has 0 saturated carbocycles. The molecule has 0 aromatic heterocycles. The summed E-state index contributed by atoms with van der Waals surface area (Å²) in [6.07, 6.45) is 3.53. The van der Waals surface area contributed by atoms with Crippen LogP contribution >= 0.6 is 0 Å². The van der Waals surface area contributed by atoms with Crippen molar-refractivity contribution in [3.63, 3.8) is 0 Å². The van der Waals surface area contributed by atoms with Crippen molar-refractivity contribution >= 4 is 5.91 Å². The monoisotopic (exact) mass is 292 g/mol. The summed E-state index contributed by atoms with van der Waals surface area (Å²) in [6.45, 7) is 3.94. The summed E-state index contributed by atoms with van der Waals surface area (Å²) >= 11 is 0. The van der Waals surface area contributed by atoms with Gasteiger partial charge >= 0.3 is 0 Å². The minimum absolute atomic E-state index is 0.300. The number of primary amides is 1. The van der Waals surface area contributed by atoms with Gasteiger partial charge in [0.15, 0.2) is 0 Å². The van der Waals surface area contributed by atoms with Gasteiger partial charge in [-0.3, -0.25) is 4.79 Å². The van der Waals surface area contributed by atoms with Crippen LogP contribution in [-0.4, -0.2) is 38.4 Å². The van der Waals surface area contributed by atoms with Gasteiger partial charge in [0.2, 0.25) is 5.91 Å². The third kappa shape index (κ3) is 5.83. The summed E-state index contributed by atoms with van der Waals surface area (Å²) < 4.78 is 11.1. The molecule has 1 aromatic rings. The summed E-state index contributed by atoms with van der Waals surface area (Å²) in [4.78, 5) is 11.1. The van der Waals surface area contributed by atoms with Crippen molar-refractivity contribution in [1.82, 2.24) is 5.32 Å². The number of hydrogen-bond acceptors (Lipinski definition) is 4. The van der Waals surface area contributed by atoms with E-state index in [0.717, 1.165) is 51.1 Å². The highest BCUT2D eigenvalue weighted by atomic mass is 16.5. The lowest BCUT2D eigenvalue weighted by Crippen LogP contribution is -2.19. The quantitative estimate of drug-likeness (QED) is 0.676. The second kappa shape index (κ2) is 8.77. The minimum atomic E-state index is -0.389. The van der Waals surface area contributed by atoms with E-state index in [9.17, 15) is 4.79 Å². The molecule has 1 fully saturated rings. The Morgan fingerprint density at radius 3 is 3.14 bits per heavy atom. The SMILES string of the molecule is NC(=O)c1cccc(CNCCCOCC2CCCO2)c1. The fourth-order valence-corrected chi connectivity index (χ4v) is 2.36. The lowest BCUT2D eigenvalue weighted by molar-refractivity contribution is 0.0166. The molecule has 1 amide bonds. The molecule has 5 heteroatoms. The molecule has 1 saturated heterocycles. The van der Waals surface area contributed by atoms with E-state index >= 15 is 0 Å². The maximum atomic E-state index is 11.1. The molecule has 21 heavy (non-hydrogen) atoms. The van der Waals surface area contributed by atoms with Crippen LogP contribution in [0.5, 0.6) is 0 Å². The average Bonchev–Trinajstić information content (AvgIpc) is 3.00. The molecule has 5 nitrogen and oxygen atoms in total. The molecular weight excluding hydrogens is 268 g/mol. The third-order valence-electron chi connectivity index (χ3n) is 3.51. The van der Waals surface area contributed by atoms with Crippen LogP contribution in [0.1, 0.15) is 35.2 Å². The molecule has 0 spiro atoms. The lowest BCUT2D eigenvalue weighted by Gasteiger charge is -2.10. The zero-order valence-electron chi connectivity index (χ0n) is 12.3. The summed E-state index contributed by atoms with van der Waals surface area (Å²) in [5.41, 5.74) is 6.87. The van der Waals surface area contributed by atoms with Gasteiger partial charge in [-0.2, -0.15) is 0 Å². The van der Waals surface area contributed by atoms with Crippen LogP contribution in [0.25, 0.3) is 0 Å². The Kier molecular flexibility index (Phi) is 6.66. The van der Waals surface area contributed by atoms with Gasteiger partial charge in [0, 0.05) is 25.3 Å². The van der Waals surface area contributed by atoms with Crippen molar-refractivity contribution in [3.05, 3.63) is 35.4 Å². The molecule has 1 atom stereocenters. The first-order valence-electron chi connectivity index (χ1n) is 7.54. The van der Waals surface area contributed by atoms with E-state index in [4.69, 9.17) is 15.2 Å². The van der Waals surface area contributed by atoms with Crippen LogP contribution in [0.3, 0.4) is 0 Å². The van der Waals surface area contributed by atoms with Gasteiger partial charge in [-0.05, 0) is 43.5 Å². The van der Waals surface area contributed by atoms with Crippen molar-refractivity contribution < 1.29 is 14.3 Å². The Balaban J connectivity index is 1.53. The smallest absolute Gasteiger partial charge is 0.248 e. The highest BCUT2D eigenvalue weighted by Crippen LogP contribution is 2.11. The first-order valence-corrected chi connectivity index (χ1v) is 7.54. The number of nitrogens with two attached hydrogens (primary N) is 1. The molecule has 0 aliphatic carbocycles. The van der Waals surface area contributed by atoms with Crippen molar-refractivity contribution in [2.24, 2.45) is 5.73 Å². The Morgan fingerprint density at radius 2 is 2.38 bits per heavy atom. The predicted molar refractivity (Wildman–Crippen MR) is 81.1 cm³/mol. The van der Waals surface area contributed by atoms with Crippen LogP contribution in [0.2, 0.25) is 0 Å². The summed E-state index contributed by atoms with van der Waals surface area (Å²) in [5, 5.41) is 3.33. The zero-order valence-corrected chi connectivity index (χ0v) is 12.3. The lowest BCUT2D eigenvalue weighted by atomic mass is 10.1. The zero-order chi connectivity index (χ0) is 14.9. The van der Waals surface area contributed by atoms with Crippen molar-refractivity contribution in [1.29, 1.82) is 0 Å². The number of rotatable bonds is 9. The number of benzene rings is 1. The van der Waals surface area contributed by atoms with Crippen LogP contribution in [0, 0.1) is 0 Å². The van der Waals surface area contributed by atoms with E-state index in [-0.39, 0.29) is 5.91 Å². The van der Waals surface area contributed by atoms with E-state index in [1.165, 1.54) is 0 Å². The highest BCUT2D eigenvalue weighted by Gasteiger charge is 2.14. The average molecular weight is 292 g/mol. The summed E-state index contributed by atoms with van der Waals surface area (Å²) in [6, 6.07) is 7.38. The van der Waals surface area contributed by atoms with Crippen molar-refractivity contribution in [2.45, 2.75) is 31.9 Å². The summed E-state index contributed by atoms with van der Waals surface area (Å²) in [5.74, 6) is -0.389. The molecule has 0 bridgehead atoms. The first-order chi connectivity index (χ1) is 10.3. The van der Waals surface area contributed by atoms with Crippen molar-refractivity contribution in [2.75, 3.05) is 26.4 Å². The van der Waals surface area contributed by atoms with Gasteiger partial charge in [-0.1, -0.05) is 12.1 Å². The van der Waals surface area contributed by atoms with Crippen molar-refractivity contribution in [3.8, 4) is 0 Å². The molecule has 1 unspecified atom stereocenters. The topological polar surface area (TPSA) is 73.6 Å². The Morgan fingerprint density at radius 1 is 1.48 bits per heavy atom. The van der Waals surface area contributed by atoms with Gasteiger partial charge in [-0.15, -0.1) is 0 Å². The van der Waals surface area contributed by atoms with Gasteiger partial charge in [-0.25, -0.2) is 0 Å². The number of hydrogen-bond donors (Lipinski definition) is 2. The number of amides is 1. The fraction of sp³-hybridized carbons (Fsp3) is 0.562. The van der Waals surface area contributed by atoms with Crippen LogP contribution < -0.4 is 11.1 Å². The van der Waals surface area contributed by atoms with Gasteiger partial charge in [0.25, 0.3) is 0 Å². The second-order valence-corrected chi connectivity index (χ2v) is 5.30. The number of ether oxygens (including phenoxy) is 2. The van der Waals surface area contributed by atoms with Crippen LogP contribution in [0.15, 0.2) is 24.3 Å². The molecule has 1 aromatic carbocycles. The summed E-state index contributed by atoms with van der Waals surface area (Å²) in [7, 11) is 0. The molecule has 116 valence electrons. The first kappa shape index (κ1) is 15.9. The fourth-order valence-electron chi connectivity index (χ4n) is 2.36. The molecule has 1 heterocycles. The Bertz CT molecular complexity index is 445. The third-order valence-corrected chi connectivity index (χ3v) is 3.51. The molecule has 3 N–H and O–H groups in total. The maximum absolute atomic E-state index is 11.1. The standard InChI is InChI=1S/C16H24N2O3/c17-16(19)14-5-1-4-13(10-14)11-18-7-3-8-20-12-15-6-2-9-21-15/h1,4-5,10,15,18H,2-3,6-9,11-12H2,(H2,17,19). The molecule has 1 aliphatic heterocycles. The normalized spacial score (nSPS) is 18.0. The number of carbonyl (C=O) groups excluding carboxylic acids is 1. The number of carbonyl (C=O) groups is 1. The Labute approximate surface area is 125 Å². The largest absolute Gasteiger partial charge is 0.379 e. The van der Waals surface area contributed by atoms with Gasteiger partial charge < -0.3 is 20.5 Å². The van der Waals surface area contributed by atoms with E-state index in [0.29, 0.717) is 18.3 Å². The van der Waals surface area contributed by atoms with E-state index in [2.05, 4.69) is 5.32 Å². The number of nitrogens with one attached hydrogen (secondary N) is 1. The minimum Gasteiger partial charge on any atom is -0.379 e. The van der Waals surface area contributed by atoms with E-state index < -0.39 is 0 Å².